The van der Waals surface area contributed by atoms with Crippen molar-refractivity contribution in [2.24, 2.45) is 5.92 Å². The van der Waals surface area contributed by atoms with Crippen molar-refractivity contribution < 1.29 is 4.74 Å². The van der Waals surface area contributed by atoms with E-state index in [4.69, 9.17) is 17.0 Å². The van der Waals surface area contributed by atoms with Gasteiger partial charge in [0.1, 0.15) is 0 Å². The molecule has 1 fully saturated rings. The molecule has 14 heavy (non-hydrogen) atoms. The molecule has 0 radical (unpaired) electrons. The predicted octanol–water partition coefficient (Wildman–Crippen LogP) is 1.24. The normalized spacial score (nSPS) is 18.3. The largest absolute Gasteiger partial charge is 0.384 e. The van der Waals surface area contributed by atoms with Crippen LogP contribution in [0.15, 0.2) is 0 Å². The lowest BCUT2D eigenvalue weighted by molar-refractivity contribution is 0.119. The Bertz CT molecular complexity index is 179. The van der Waals surface area contributed by atoms with Crippen LogP contribution in [0.3, 0.4) is 0 Å². The Morgan fingerprint density at radius 3 is 2.64 bits per heavy atom. The van der Waals surface area contributed by atoms with Gasteiger partial charge in [-0.05, 0) is 37.9 Å². The van der Waals surface area contributed by atoms with E-state index in [2.05, 4.69) is 17.1 Å². The number of methoxy groups -OCH3 is 1. The maximum absolute atomic E-state index is 5.26. The van der Waals surface area contributed by atoms with Crippen LogP contribution >= 0.6 is 12.2 Å². The Kier molecular flexibility index (Phi) is 5.19. The molecule has 3 nitrogen and oxygen atoms in total. The molecule has 0 atom stereocenters. The highest BCUT2D eigenvalue weighted by molar-refractivity contribution is 7.80. The van der Waals surface area contributed by atoms with E-state index in [0.29, 0.717) is 0 Å². The average molecular weight is 216 g/mol. The third-order valence-corrected chi connectivity index (χ3v) is 3.03. The molecule has 0 aromatic rings. The fourth-order valence-electron chi connectivity index (χ4n) is 1.80. The maximum atomic E-state index is 5.26. The van der Waals surface area contributed by atoms with Crippen LogP contribution in [0.25, 0.3) is 0 Å². The smallest absolute Gasteiger partial charge is 0.168 e. The summed E-state index contributed by atoms with van der Waals surface area (Å²) in [5.74, 6) is 0.723. The molecular formula is C10H20N2OS. The molecule has 0 aliphatic carbocycles. The fourth-order valence-corrected chi connectivity index (χ4v) is 2.13. The fraction of sp³-hybridized carbons (Fsp3) is 0.900. The van der Waals surface area contributed by atoms with E-state index in [9.17, 15) is 0 Å². The SMILES string of the molecule is CCNC(=S)N1CCC(COC)CC1. The summed E-state index contributed by atoms with van der Waals surface area (Å²) >= 11 is 5.26. The van der Waals surface area contributed by atoms with Gasteiger partial charge in [-0.2, -0.15) is 0 Å². The summed E-state index contributed by atoms with van der Waals surface area (Å²) in [5.41, 5.74) is 0. The van der Waals surface area contributed by atoms with Crippen LogP contribution in [0, 0.1) is 5.92 Å². The van der Waals surface area contributed by atoms with Gasteiger partial charge in [0.15, 0.2) is 5.11 Å². The molecule has 0 aromatic heterocycles. The number of likely N-dealkylation sites (tertiary alicyclic amines) is 1. The van der Waals surface area contributed by atoms with Crippen molar-refractivity contribution in [3.63, 3.8) is 0 Å². The number of thiocarbonyl (C=S) groups is 1. The molecule has 1 aliphatic rings. The molecule has 0 aromatic carbocycles. The standard InChI is InChI=1S/C10H20N2OS/c1-3-11-10(14)12-6-4-9(5-7-12)8-13-2/h9H,3-8H2,1-2H3,(H,11,14). The first-order valence-electron chi connectivity index (χ1n) is 5.29. The van der Waals surface area contributed by atoms with Gasteiger partial charge in [0, 0.05) is 33.4 Å². The monoisotopic (exact) mass is 216 g/mol. The first kappa shape index (κ1) is 11.7. The number of nitrogens with one attached hydrogen (secondary N) is 1. The number of rotatable bonds is 3. The van der Waals surface area contributed by atoms with Crippen LogP contribution in [0.2, 0.25) is 0 Å². The number of ether oxygens (including phenoxy) is 1. The summed E-state index contributed by atoms with van der Waals surface area (Å²) in [4.78, 5) is 2.25. The summed E-state index contributed by atoms with van der Waals surface area (Å²) in [6.45, 7) is 6.02. The molecule has 0 unspecified atom stereocenters. The van der Waals surface area contributed by atoms with Gasteiger partial charge in [0.25, 0.3) is 0 Å². The lowest BCUT2D eigenvalue weighted by atomic mass is 9.98. The zero-order chi connectivity index (χ0) is 10.4. The second-order valence-electron chi connectivity index (χ2n) is 3.72. The summed E-state index contributed by atoms with van der Waals surface area (Å²) < 4.78 is 5.16. The third kappa shape index (κ3) is 3.42. The van der Waals surface area contributed by atoms with Gasteiger partial charge in [-0.15, -0.1) is 0 Å². The van der Waals surface area contributed by atoms with Crippen LogP contribution in [-0.2, 0) is 4.74 Å². The Morgan fingerprint density at radius 2 is 2.14 bits per heavy atom. The highest BCUT2D eigenvalue weighted by atomic mass is 32.1. The third-order valence-electron chi connectivity index (χ3n) is 2.63. The highest BCUT2D eigenvalue weighted by Gasteiger charge is 2.20. The van der Waals surface area contributed by atoms with Crippen molar-refractivity contribution in [1.82, 2.24) is 10.2 Å². The zero-order valence-corrected chi connectivity index (χ0v) is 9.90. The van der Waals surface area contributed by atoms with Crippen LogP contribution in [0.1, 0.15) is 19.8 Å². The van der Waals surface area contributed by atoms with Crippen molar-refractivity contribution in [2.45, 2.75) is 19.8 Å². The maximum Gasteiger partial charge on any atom is 0.168 e. The molecule has 0 amide bonds. The lowest BCUT2D eigenvalue weighted by Crippen LogP contribution is -2.44. The van der Waals surface area contributed by atoms with Crippen LogP contribution < -0.4 is 5.32 Å². The van der Waals surface area contributed by atoms with Crippen molar-refractivity contribution in [2.75, 3.05) is 33.4 Å². The first-order valence-corrected chi connectivity index (χ1v) is 5.70. The molecule has 1 rings (SSSR count). The number of hydrogen-bond acceptors (Lipinski definition) is 2. The molecule has 0 spiro atoms. The minimum atomic E-state index is 0.723. The van der Waals surface area contributed by atoms with E-state index in [1.54, 1.807) is 7.11 Å². The predicted molar refractivity (Wildman–Crippen MR) is 62.4 cm³/mol. The van der Waals surface area contributed by atoms with E-state index in [-0.39, 0.29) is 0 Å². The number of nitrogens with zero attached hydrogens (tertiary/aromatic N) is 1. The van der Waals surface area contributed by atoms with Crippen molar-refractivity contribution in [1.29, 1.82) is 0 Å². The Morgan fingerprint density at radius 1 is 1.50 bits per heavy atom. The van der Waals surface area contributed by atoms with E-state index in [0.717, 1.165) is 37.3 Å². The molecule has 0 bridgehead atoms. The molecule has 4 heteroatoms. The topological polar surface area (TPSA) is 24.5 Å². The summed E-state index contributed by atoms with van der Waals surface area (Å²) in [6.07, 6.45) is 2.39. The van der Waals surface area contributed by atoms with Gasteiger partial charge in [-0.25, -0.2) is 0 Å². The Balaban J connectivity index is 2.24. The van der Waals surface area contributed by atoms with Gasteiger partial charge in [0.05, 0.1) is 0 Å². The Labute approximate surface area is 91.8 Å². The second-order valence-corrected chi connectivity index (χ2v) is 4.11. The molecular weight excluding hydrogens is 196 g/mol. The molecule has 0 saturated carbocycles. The minimum absolute atomic E-state index is 0.723. The van der Waals surface area contributed by atoms with E-state index in [1.807, 2.05) is 0 Å². The minimum Gasteiger partial charge on any atom is -0.384 e. The second kappa shape index (κ2) is 6.19. The summed E-state index contributed by atoms with van der Waals surface area (Å²) in [5, 5.41) is 4.09. The molecule has 82 valence electrons. The van der Waals surface area contributed by atoms with Gasteiger partial charge < -0.3 is 15.0 Å². The van der Waals surface area contributed by atoms with Gasteiger partial charge in [0.2, 0.25) is 0 Å². The lowest BCUT2D eigenvalue weighted by Gasteiger charge is -2.33. The van der Waals surface area contributed by atoms with Crippen LogP contribution in [0.5, 0.6) is 0 Å². The van der Waals surface area contributed by atoms with E-state index in [1.165, 1.54) is 12.8 Å². The van der Waals surface area contributed by atoms with Crippen molar-refractivity contribution in [3.8, 4) is 0 Å². The van der Waals surface area contributed by atoms with Crippen molar-refractivity contribution in [3.05, 3.63) is 0 Å². The highest BCUT2D eigenvalue weighted by Crippen LogP contribution is 2.17. The van der Waals surface area contributed by atoms with E-state index >= 15 is 0 Å². The van der Waals surface area contributed by atoms with Gasteiger partial charge in [-0.1, -0.05) is 0 Å². The van der Waals surface area contributed by atoms with Crippen LogP contribution in [0.4, 0.5) is 0 Å². The quantitative estimate of drug-likeness (QED) is 0.717. The summed E-state index contributed by atoms with van der Waals surface area (Å²) in [6, 6.07) is 0. The first-order chi connectivity index (χ1) is 6.77. The molecule has 1 saturated heterocycles. The van der Waals surface area contributed by atoms with Crippen molar-refractivity contribution >= 4 is 17.3 Å². The Hall–Kier alpha value is -0.350. The van der Waals surface area contributed by atoms with Crippen LogP contribution in [-0.4, -0.2) is 43.4 Å². The molecule has 1 aliphatic heterocycles. The average Bonchev–Trinajstić information content (AvgIpc) is 2.20. The van der Waals surface area contributed by atoms with E-state index < -0.39 is 0 Å². The molecule has 1 heterocycles. The van der Waals surface area contributed by atoms with Gasteiger partial charge in [-0.3, -0.25) is 0 Å². The zero-order valence-electron chi connectivity index (χ0n) is 9.08. The van der Waals surface area contributed by atoms with Gasteiger partial charge >= 0.3 is 0 Å². The number of piperidine rings is 1. The summed E-state index contributed by atoms with van der Waals surface area (Å²) in [7, 11) is 1.77. The molecule has 1 N–H and O–H groups in total. The number of hydrogen-bond donors (Lipinski definition) is 1.